The topological polar surface area (TPSA) is 80.9 Å². The molecule has 0 fully saturated rings. The van der Waals surface area contributed by atoms with E-state index in [1.807, 2.05) is 6.07 Å². The summed E-state index contributed by atoms with van der Waals surface area (Å²) in [7, 11) is 0. The summed E-state index contributed by atoms with van der Waals surface area (Å²) in [6.45, 7) is 0. The molecule has 0 aliphatic heterocycles. The third kappa shape index (κ3) is 2.54. The first-order valence-electron chi connectivity index (χ1n) is 5.91. The zero-order valence-electron chi connectivity index (χ0n) is 10.4. The van der Waals surface area contributed by atoms with Crippen LogP contribution in [0.4, 0.5) is 5.82 Å². The number of nitrogens with zero attached hydrogens (tertiary/aromatic N) is 3. The molecule has 0 aliphatic carbocycles. The van der Waals surface area contributed by atoms with Crippen LogP contribution in [0.3, 0.4) is 0 Å². The summed E-state index contributed by atoms with van der Waals surface area (Å²) in [6.07, 6.45) is 6.35. The van der Waals surface area contributed by atoms with Crippen molar-refractivity contribution in [1.29, 1.82) is 0 Å². The molecule has 0 aromatic carbocycles. The lowest BCUT2D eigenvalue weighted by atomic mass is 10.3. The van der Waals surface area contributed by atoms with Gasteiger partial charge in [-0.05, 0) is 30.3 Å². The van der Waals surface area contributed by atoms with Gasteiger partial charge < -0.3 is 9.73 Å². The molecular formula is C14H10N4O2. The van der Waals surface area contributed by atoms with E-state index in [9.17, 15) is 4.79 Å². The van der Waals surface area contributed by atoms with Crippen molar-refractivity contribution in [2.75, 3.05) is 5.32 Å². The van der Waals surface area contributed by atoms with Gasteiger partial charge in [-0.15, -0.1) is 0 Å². The van der Waals surface area contributed by atoms with Crippen molar-refractivity contribution in [2.24, 2.45) is 0 Å². The van der Waals surface area contributed by atoms with Crippen molar-refractivity contribution in [1.82, 2.24) is 15.0 Å². The molecule has 6 nitrogen and oxygen atoms in total. The Morgan fingerprint density at radius 3 is 2.85 bits per heavy atom. The largest absolute Gasteiger partial charge is 0.459 e. The minimum atomic E-state index is -0.356. The molecule has 6 heteroatoms. The lowest BCUT2D eigenvalue weighted by molar-refractivity contribution is 0.0996. The molecule has 0 saturated heterocycles. The zero-order valence-corrected chi connectivity index (χ0v) is 10.4. The van der Waals surface area contributed by atoms with E-state index < -0.39 is 0 Å². The van der Waals surface area contributed by atoms with E-state index in [2.05, 4.69) is 20.3 Å². The number of hydrogen-bond acceptors (Lipinski definition) is 5. The summed E-state index contributed by atoms with van der Waals surface area (Å²) in [4.78, 5) is 24.3. The SMILES string of the molecule is O=C(Nc1ccnc(-c2cccnc2)n1)c1ccco1. The fraction of sp³-hybridized carbons (Fsp3) is 0. The van der Waals surface area contributed by atoms with Gasteiger partial charge in [0.05, 0.1) is 6.26 Å². The standard InChI is InChI=1S/C14H10N4O2/c19-14(11-4-2-8-20-11)18-12-5-7-16-13(17-12)10-3-1-6-15-9-10/h1-9H,(H,16,17,18,19). The summed E-state index contributed by atoms with van der Waals surface area (Å²) in [5.74, 6) is 0.771. The Labute approximate surface area is 114 Å². The number of furan rings is 1. The highest BCUT2D eigenvalue weighted by molar-refractivity contribution is 6.01. The molecule has 0 unspecified atom stereocenters. The Balaban J connectivity index is 1.83. The van der Waals surface area contributed by atoms with E-state index in [1.54, 1.807) is 42.9 Å². The van der Waals surface area contributed by atoms with Crippen molar-refractivity contribution < 1.29 is 9.21 Å². The van der Waals surface area contributed by atoms with Crippen LogP contribution in [-0.2, 0) is 0 Å². The number of hydrogen-bond donors (Lipinski definition) is 1. The van der Waals surface area contributed by atoms with Crippen LogP contribution in [0.25, 0.3) is 11.4 Å². The molecule has 3 aromatic rings. The first-order chi connectivity index (χ1) is 9.83. The van der Waals surface area contributed by atoms with Crippen molar-refractivity contribution in [3.63, 3.8) is 0 Å². The first kappa shape index (κ1) is 12.0. The molecule has 98 valence electrons. The molecule has 0 spiro atoms. The normalized spacial score (nSPS) is 10.2. The highest BCUT2D eigenvalue weighted by Gasteiger charge is 2.10. The average molecular weight is 266 g/mol. The van der Waals surface area contributed by atoms with Crippen LogP contribution < -0.4 is 5.32 Å². The number of carbonyl (C=O) groups is 1. The van der Waals surface area contributed by atoms with Gasteiger partial charge in [0.1, 0.15) is 5.82 Å². The number of pyridine rings is 1. The predicted octanol–water partition coefficient (Wildman–Crippen LogP) is 2.38. The molecule has 0 radical (unpaired) electrons. The van der Waals surface area contributed by atoms with Gasteiger partial charge >= 0.3 is 0 Å². The van der Waals surface area contributed by atoms with Crippen LogP contribution in [0.1, 0.15) is 10.6 Å². The molecule has 3 aromatic heterocycles. The second-order valence-corrected chi connectivity index (χ2v) is 3.94. The highest BCUT2D eigenvalue weighted by atomic mass is 16.3. The summed E-state index contributed by atoms with van der Waals surface area (Å²) in [5.41, 5.74) is 0.779. The molecule has 0 atom stereocenters. The van der Waals surface area contributed by atoms with Crippen LogP contribution in [0.5, 0.6) is 0 Å². The molecule has 3 heterocycles. The van der Waals surface area contributed by atoms with Gasteiger partial charge in [0.2, 0.25) is 0 Å². The van der Waals surface area contributed by atoms with Crippen LogP contribution in [-0.4, -0.2) is 20.9 Å². The minimum absolute atomic E-state index is 0.228. The zero-order chi connectivity index (χ0) is 13.8. The van der Waals surface area contributed by atoms with Gasteiger partial charge in [-0.3, -0.25) is 9.78 Å². The maximum atomic E-state index is 11.8. The Kier molecular flexibility index (Phi) is 3.20. The van der Waals surface area contributed by atoms with Gasteiger partial charge in [0, 0.05) is 24.2 Å². The second-order valence-electron chi connectivity index (χ2n) is 3.94. The summed E-state index contributed by atoms with van der Waals surface area (Å²) in [5, 5.41) is 2.65. The first-order valence-corrected chi connectivity index (χ1v) is 5.91. The third-order valence-electron chi connectivity index (χ3n) is 2.56. The number of anilines is 1. The number of carbonyl (C=O) groups excluding carboxylic acids is 1. The van der Waals surface area contributed by atoms with Gasteiger partial charge in [0.25, 0.3) is 5.91 Å². The Hall–Kier alpha value is -3.02. The van der Waals surface area contributed by atoms with Crippen LogP contribution in [0, 0.1) is 0 Å². The Morgan fingerprint density at radius 1 is 1.15 bits per heavy atom. The summed E-state index contributed by atoms with van der Waals surface area (Å²) >= 11 is 0. The van der Waals surface area contributed by atoms with Crippen LogP contribution in [0.2, 0.25) is 0 Å². The monoisotopic (exact) mass is 266 g/mol. The molecular weight excluding hydrogens is 256 g/mol. The number of nitrogens with one attached hydrogen (secondary N) is 1. The van der Waals surface area contributed by atoms with Crippen molar-refractivity contribution in [3.05, 3.63) is 60.9 Å². The van der Waals surface area contributed by atoms with Crippen molar-refractivity contribution >= 4 is 11.7 Å². The molecule has 0 saturated carbocycles. The van der Waals surface area contributed by atoms with E-state index in [4.69, 9.17) is 4.42 Å². The molecule has 3 rings (SSSR count). The maximum absolute atomic E-state index is 11.8. The van der Waals surface area contributed by atoms with Gasteiger partial charge in [0.15, 0.2) is 11.6 Å². The third-order valence-corrected chi connectivity index (χ3v) is 2.56. The smallest absolute Gasteiger partial charge is 0.292 e. The van der Waals surface area contributed by atoms with Crippen LogP contribution >= 0.6 is 0 Å². The molecule has 0 aliphatic rings. The number of amides is 1. The summed E-state index contributed by atoms with van der Waals surface area (Å²) in [6, 6.07) is 8.49. The lowest BCUT2D eigenvalue weighted by Gasteiger charge is -2.04. The molecule has 1 N–H and O–H groups in total. The van der Waals surface area contributed by atoms with Crippen molar-refractivity contribution in [3.8, 4) is 11.4 Å². The van der Waals surface area contributed by atoms with Gasteiger partial charge in [-0.25, -0.2) is 9.97 Å². The van der Waals surface area contributed by atoms with E-state index in [0.29, 0.717) is 11.6 Å². The van der Waals surface area contributed by atoms with E-state index in [-0.39, 0.29) is 11.7 Å². The molecule has 0 bridgehead atoms. The van der Waals surface area contributed by atoms with Crippen molar-refractivity contribution in [2.45, 2.75) is 0 Å². The van der Waals surface area contributed by atoms with E-state index in [1.165, 1.54) is 6.26 Å². The Morgan fingerprint density at radius 2 is 2.10 bits per heavy atom. The quantitative estimate of drug-likeness (QED) is 0.787. The minimum Gasteiger partial charge on any atom is -0.459 e. The van der Waals surface area contributed by atoms with Gasteiger partial charge in [-0.2, -0.15) is 0 Å². The molecule has 1 amide bonds. The van der Waals surface area contributed by atoms with Gasteiger partial charge in [-0.1, -0.05) is 0 Å². The fourth-order valence-corrected chi connectivity index (χ4v) is 1.65. The number of rotatable bonds is 3. The lowest BCUT2D eigenvalue weighted by Crippen LogP contribution is -2.12. The van der Waals surface area contributed by atoms with E-state index >= 15 is 0 Å². The summed E-state index contributed by atoms with van der Waals surface area (Å²) < 4.78 is 5.02. The van der Waals surface area contributed by atoms with Crippen LogP contribution in [0.15, 0.2) is 59.6 Å². The number of aromatic nitrogens is 3. The Bertz CT molecular complexity index is 711. The average Bonchev–Trinajstić information content (AvgIpc) is 3.03. The maximum Gasteiger partial charge on any atom is 0.292 e. The predicted molar refractivity (Wildman–Crippen MR) is 71.9 cm³/mol. The van der Waals surface area contributed by atoms with E-state index in [0.717, 1.165) is 5.56 Å². The molecule has 20 heavy (non-hydrogen) atoms. The fourth-order valence-electron chi connectivity index (χ4n) is 1.65. The second kappa shape index (κ2) is 5.31. The highest BCUT2D eigenvalue weighted by Crippen LogP contribution is 2.15.